The second-order valence-corrected chi connectivity index (χ2v) is 7.64. The number of halogens is 4. The number of hydrogen-bond donors (Lipinski definition) is 0. The van der Waals surface area contributed by atoms with Crippen LogP contribution in [0.2, 0.25) is 5.02 Å². The molecular formula is C21H10ClF3O4S. The van der Waals surface area contributed by atoms with Gasteiger partial charge in [-0.2, -0.15) is 13.2 Å². The lowest BCUT2D eigenvalue weighted by molar-refractivity contribution is -0.137. The number of alkyl halides is 3. The van der Waals surface area contributed by atoms with Crippen molar-refractivity contribution in [2.45, 2.75) is 6.18 Å². The zero-order chi connectivity index (χ0) is 21.5. The number of hydrogen-bond acceptors (Lipinski definition) is 5. The first-order valence-electron chi connectivity index (χ1n) is 8.44. The van der Waals surface area contributed by atoms with Crippen molar-refractivity contribution in [2.24, 2.45) is 0 Å². The van der Waals surface area contributed by atoms with E-state index in [4.69, 9.17) is 20.8 Å². The first-order chi connectivity index (χ1) is 14.2. The van der Waals surface area contributed by atoms with Gasteiger partial charge in [-0.15, -0.1) is 0 Å². The van der Waals surface area contributed by atoms with E-state index in [2.05, 4.69) is 0 Å². The molecule has 0 bridgehead atoms. The summed E-state index contributed by atoms with van der Waals surface area (Å²) in [6, 6.07) is 13.4. The minimum absolute atomic E-state index is 0.0620. The SMILES string of the molecule is O=C(Oc1cc(-c2cccc(C(F)(F)F)c2)c2oc(=O)sc2c1)c1ccc(Cl)cc1. The first-order valence-corrected chi connectivity index (χ1v) is 9.63. The molecular weight excluding hydrogens is 441 g/mol. The molecule has 0 aliphatic rings. The molecule has 0 atom stereocenters. The van der Waals surface area contributed by atoms with Gasteiger partial charge >= 0.3 is 17.1 Å². The van der Waals surface area contributed by atoms with Crippen molar-refractivity contribution in [2.75, 3.05) is 0 Å². The van der Waals surface area contributed by atoms with Crippen LogP contribution < -0.4 is 9.68 Å². The first kappa shape index (κ1) is 20.2. The van der Waals surface area contributed by atoms with Gasteiger partial charge in [-0.1, -0.05) is 35.1 Å². The monoisotopic (exact) mass is 450 g/mol. The minimum Gasteiger partial charge on any atom is -0.423 e. The van der Waals surface area contributed by atoms with Gasteiger partial charge in [0.1, 0.15) is 5.75 Å². The molecule has 0 amide bonds. The lowest BCUT2D eigenvalue weighted by atomic mass is 10.0. The number of benzene rings is 3. The molecule has 0 spiro atoms. The summed E-state index contributed by atoms with van der Waals surface area (Å²) in [5.41, 5.74) is -0.123. The molecule has 0 radical (unpaired) electrons. The smallest absolute Gasteiger partial charge is 0.416 e. The Morgan fingerprint density at radius 2 is 1.77 bits per heavy atom. The van der Waals surface area contributed by atoms with Gasteiger partial charge in [-0.25, -0.2) is 9.59 Å². The lowest BCUT2D eigenvalue weighted by Crippen LogP contribution is -2.08. The van der Waals surface area contributed by atoms with Gasteiger partial charge in [-0.05, 0) is 48.0 Å². The molecule has 9 heteroatoms. The van der Waals surface area contributed by atoms with Crippen LogP contribution in [0.4, 0.5) is 13.2 Å². The summed E-state index contributed by atoms with van der Waals surface area (Å²) in [5, 5.41) is 0.447. The van der Waals surface area contributed by atoms with Crippen molar-refractivity contribution in [3.63, 3.8) is 0 Å². The lowest BCUT2D eigenvalue weighted by Gasteiger charge is -2.11. The van der Waals surface area contributed by atoms with Crippen LogP contribution in [0.15, 0.2) is 69.9 Å². The summed E-state index contributed by atoms with van der Waals surface area (Å²) in [6.45, 7) is 0. The summed E-state index contributed by atoms with van der Waals surface area (Å²) >= 11 is 6.56. The summed E-state index contributed by atoms with van der Waals surface area (Å²) in [4.78, 5) is 23.5. The molecule has 0 saturated carbocycles. The molecule has 0 N–H and O–H groups in total. The van der Waals surface area contributed by atoms with E-state index in [-0.39, 0.29) is 28.0 Å². The second kappa shape index (κ2) is 7.62. The Bertz CT molecular complexity index is 1310. The normalized spacial score (nSPS) is 11.6. The Morgan fingerprint density at radius 3 is 2.47 bits per heavy atom. The van der Waals surface area contributed by atoms with E-state index in [9.17, 15) is 22.8 Å². The molecule has 4 aromatic rings. The molecule has 0 saturated heterocycles. The van der Waals surface area contributed by atoms with E-state index in [0.29, 0.717) is 9.72 Å². The van der Waals surface area contributed by atoms with Crippen molar-refractivity contribution >= 4 is 39.2 Å². The van der Waals surface area contributed by atoms with Gasteiger partial charge in [0, 0.05) is 16.7 Å². The molecule has 4 nitrogen and oxygen atoms in total. The van der Waals surface area contributed by atoms with Crippen LogP contribution in [0, 0.1) is 0 Å². The highest BCUT2D eigenvalue weighted by Gasteiger charge is 2.30. The second-order valence-electron chi connectivity index (χ2n) is 6.23. The Labute approximate surface area is 176 Å². The Morgan fingerprint density at radius 1 is 1.03 bits per heavy atom. The third-order valence-electron chi connectivity index (χ3n) is 4.20. The number of carbonyl (C=O) groups excluding carboxylic acids is 1. The third-order valence-corrected chi connectivity index (χ3v) is 5.22. The molecule has 4 rings (SSSR count). The maximum absolute atomic E-state index is 13.1. The fraction of sp³-hybridized carbons (Fsp3) is 0.0476. The number of ether oxygens (including phenoxy) is 1. The van der Waals surface area contributed by atoms with Crippen LogP contribution in [0.1, 0.15) is 15.9 Å². The van der Waals surface area contributed by atoms with Gasteiger partial charge < -0.3 is 9.15 Å². The van der Waals surface area contributed by atoms with Crippen LogP contribution in [0.3, 0.4) is 0 Å². The van der Waals surface area contributed by atoms with Gasteiger partial charge in [0.25, 0.3) is 0 Å². The maximum atomic E-state index is 13.1. The highest BCUT2D eigenvalue weighted by molar-refractivity contribution is 7.16. The fourth-order valence-corrected chi connectivity index (χ4v) is 3.69. The summed E-state index contributed by atoms with van der Waals surface area (Å²) in [5.74, 6) is -0.622. The molecule has 0 fully saturated rings. The molecule has 0 aliphatic heterocycles. The van der Waals surface area contributed by atoms with Crippen LogP contribution in [0.5, 0.6) is 5.75 Å². The quantitative estimate of drug-likeness (QED) is 0.267. The van der Waals surface area contributed by atoms with Crippen LogP contribution >= 0.6 is 22.9 Å². The van der Waals surface area contributed by atoms with Crippen molar-refractivity contribution in [1.29, 1.82) is 0 Å². The standard InChI is InChI=1S/C21H10ClF3O4S/c22-14-6-4-11(5-7-14)19(26)28-15-9-16(18-17(10-15)30-20(27)29-18)12-2-1-3-13(8-12)21(23,24)25/h1-10H. The molecule has 152 valence electrons. The minimum atomic E-state index is -4.54. The highest BCUT2D eigenvalue weighted by Crippen LogP contribution is 2.37. The van der Waals surface area contributed by atoms with Crippen LogP contribution in [0.25, 0.3) is 21.4 Å². The van der Waals surface area contributed by atoms with E-state index in [0.717, 1.165) is 23.5 Å². The van der Waals surface area contributed by atoms with Gasteiger partial charge in [0.05, 0.1) is 15.8 Å². The van der Waals surface area contributed by atoms with E-state index in [1.54, 1.807) is 0 Å². The van der Waals surface area contributed by atoms with E-state index >= 15 is 0 Å². The van der Waals surface area contributed by atoms with Crippen molar-refractivity contribution in [3.8, 4) is 16.9 Å². The molecule has 0 unspecified atom stereocenters. The molecule has 0 aliphatic carbocycles. The fourth-order valence-electron chi connectivity index (χ4n) is 2.84. The highest BCUT2D eigenvalue weighted by atomic mass is 35.5. The van der Waals surface area contributed by atoms with E-state index in [1.807, 2.05) is 0 Å². The average molecular weight is 451 g/mol. The maximum Gasteiger partial charge on any atom is 0.416 e. The summed E-state index contributed by atoms with van der Waals surface area (Å²) in [7, 11) is 0. The Hall–Kier alpha value is -3.10. The zero-order valence-electron chi connectivity index (χ0n) is 14.8. The van der Waals surface area contributed by atoms with Crippen LogP contribution in [-0.2, 0) is 6.18 Å². The van der Waals surface area contributed by atoms with Crippen LogP contribution in [-0.4, -0.2) is 5.97 Å². The third kappa shape index (κ3) is 4.10. The molecule has 3 aromatic carbocycles. The molecule has 30 heavy (non-hydrogen) atoms. The number of rotatable bonds is 3. The average Bonchev–Trinajstić information content (AvgIpc) is 3.07. The van der Waals surface area contributed by atoms with Crippen molar-refractivity contribution in [3.05, 3.63) is 86.5 Å². The van der Waals surface area contributed by atoms with E-state index < -0.39 is 22.6 Å². The number of esters is 1. The number of carbonyl (C=O) groups is 1. The van der Waals surface area contributed by atoms with Gasteiger partial charge in [-0.3, -0.25) is 0 Å². The topological polar surface area (TPSA) is 56.5 Å². The Kier molecular flexibility index (Phi) is 5.13. The molecule has 1 aromatic heterocycles. The summed E-state index contributed by atoms with van der Waals surface area (Å²) in [6.07, 6.45) is -4.54. The predicted octanol–water partition coefficient (Wildman–Crippen LogP) is 6.41. The van der Waals surface area contributed by atoms with E-state index in [1.165, 1.54) is 48.5 Å². The molecule has 1 heterocycles. The van der Waals surface area contributed by atoms with Crippen molar-refractivity contribution < 1.29 is 27.1 Å². The zero-order valence-corrected chi connectivity index (χ0v) is 16.4. The largest absolute Gasteiger partial charge is 0.423 e. The predicted molar refractivity (Wildman–Crippen MR) is 107 cm³/mol. The van der Waals surface area contributed by atoms with Gasteiger partial charge in [0.2, 0.25) is 0 Å². The number of fused-ring (bicyclic) bond motifs is 1. The van der Waals surface area contributed by atoms with Gasteiger partial charge in [0.15, 0.2) is 5.58 Å². The van der Waals surface area contributed by atoms with Crippen molar-refractivity contribution in [1.82, 2.24) is 0 Å². The Balaban J connectivity index is 1.79. The summed E-state index contributed by atoms with van der Waals surface area (Å²) < 4.78 is 50.2.